The lowest BCUT2D eigenvalue weighted by Gasteiger charge is -2.29. The predicted octanol–water partition coefficient (Wildman–Crippen LogP) is 1.57. The van der Waals surface area contributed by atoms with Crippen LogP contribution in [-0.4, -0.2) is 34.3 Å². The van der Waals surface area contributed by atoms with Crippen molar-refractivity contribution in [1.29, 1.82) is 0 Å². The summed E-state index contributed by atoms with van der Waals surface area (Å²) >= 11 is 0. The van der Waals surface area contributed by atoms with Crippen molar-refractivity contribution in [3.63, 3.8) is 0 Å². The number of nitrogens with zero attached hydrogens (tertiary/aromatic N) is 1. The molecule has 2 aliphatic heterocycles. The van der Waals surface area contributed by atoms with Gasteiger partial charge in [0, 0.05) is 42.3 Å². The van der Waals surface area contributed by atoms with Crippen LogP contribution in [0.15, 0.2) is 41.2 Å². The molecule has 1 saturated carbocycles. The lowest BCUT2D eigenvalue weighted by Crippen LogP contribution is -2.51. The highest BCUT2D eigenvalue weighted by molar-refractivity contribution is 5.83. The smallest absolute Gasteiger partial charge is 0.258 e. The van der Waals surface area contributed by atoms with E-state index in [0.717, 1.165) is 25.0 Å². The number of nitrogens with one attached hydrogen (secondary N) is 2. The summed E-state index contributed by atoms with van der Waals surface area (Å²) in [6.07, 6.45) is 3.16. The van der Waals surface area contributed by atoms with Crippen molar-refractivity contribution in [3.8, 4) is 11.1 Å². The quantitative estimate of drug-likeness (QED) is 0.732. The number of rotatable bonds is 4. The van der Waals surface area contributed by atoms with Crippen molar-refractivity contribution in [2.45, 2.75) is 43.9 Å². The fourth-order valence-corrected chi connectivity index (χ4v) is 4.97. The molecule has 1 aromatic heterocycles. The number of benzene rings is 1. The minimum atomic E-state index is -0.456. The zero-order valence-corrected chi connectivity index (χ0v) is 16.0. The third kappa shape index (κ3) is 3.00. The first-order valence-corrected chi connectivity index (χ1v) is 10.2. The number of pyridine rings is 1. The van der Waals surface area contributed by atoms with Crippen LogP contribution in [0.1, 0.15) is 31.0 Å². The number of aliphatic hydroxyl groups is 1. The van der Waals surface area contributed by atoms with Gasteiger partial charge in [0.15, 0.2) is 0 Å². The van der Waals surface area contributed by atoms with E-state index in [9.17, 15) is 19.1 Å². The Morgan fingerprint density at radius 2 is 2.10 bits per heavy atom. The summed E-state index contributed by atoms with van der Waals surface area (Å²) in [6, 6.07) is 9.25. The third-order valence-corrected chi connectivity index (χ3v) is 6.77. The van der Waals surface area contributed by atoms with Crippen LogP contribution in [0.3, 0.4) is 0 Å². The van der Waals surface area contributed by atoms with Crippen molar-refractivity contribution in [2.75, 3.05) is 6.61 Å². The van der Waals surface area contributed by atoms with E-state index in [0.29, 0.717) is 17.7 Å². The number of aliphatic hydroxyl groups excluding tert-OH is 1. The Hall–Kier alpha value is -2.51. The monoisotopic (exact) mass is 397 g/mol. The summed E-state index contributed by atoms with van der Waals surface area (Å²) in [5, 5.41) is 16.4. The minimum absolute atomic E-state index is 0.0346. The molecular weight excluding hydrogens is 373 g/mol. The first-order chi connectivity index (χ1) is 14.1. The van der Waals surface area contributed by atoms with Gasteiger partial charge in [0.1, 0.15) is 5.82 Å². The molecule has 1 aromatic carbocycles. The maximum atomic E-state index is 13.6. The number of halogens is 1. The van der Waals surface area contributed by atoms with E-state index in [1.54, 1.807) is 22.8 Å². The second-order valence-electron chi connectivity index (χ2n) is 8.37. The molecule has 29 heavy (non-hydrogen) atoms. The van der Waals surface area contributed by atoms with Gasteiger partial charge in [0.2, 0.25) is 5.91 Å². The number of aromatic nitrogens is 1. The fraction of sp³-hybridized carbons (Fsp3) is 0.455. The first kappa shape index (κ1) is 18.5. The lowest BCUT2D eigenvalue weighted by atomic mass is 9.87. The molecule has 7 heteroatoms. The molecule has 4 atom stereocenters. The molecule has 0 bridgehead atoms. The number of hydrogen-bond donors (Lipinski definition) is 3. The molecule has 5 rings (SSSR count). The maximum Gasteiger partial charge on any atom is 0.258 e. The number of amides is 1. The summed E-state index contributed by atoms with van der Waals surface area (Å²) in [5.74, 6) is -0.732. The van der Waals surface area contributed by atoms with Crippen molar-refractivity contribution in [1.82, 2.24) is 15.2 Å². The van der Waals surface area contributed by atoms with E-state index in [1.807, 2.05) is 6.07 Å². The van der Waals surface area contributed by atoms with E-state index in [4.69, 9.17) is 0 Å². The van der Waals surface area contributed by atoms with Crippen molar-refractivity contribution < 1.29 is 14.3 Å². The fourth-order valence-electron chi connectivity index (χ4n) is 4.97. The van der Waals surface area contributed by atoms with Crippen LogP contribution in [0.5, 0.6) is 0 Å². The molecule has 1 amide bonds. The van der Waals surface area contributed by atoms with Gasteiger partial charge in [-0.1, -0.05) is 12.1 Å². The summed E-state index contributed by atoms with van der Waals surface area (Å²) in [5.41, 5.74) is 1.65. The summed E-state index contributed by atoms with van der Waals surface area (Å²) in [7, 11) is 0. The molecule has 1 saturated heterocycles. The van der Waals surface area contributed by atoms with Crippen LogP contribution >= 0.6 is 0 Å². The largest absolute Gasteiger partial charge is 0.396 e. The normalized spacial score (nSPS) is 27.9. The average molecular weight is 397 g/mol. The molecule has 2 fully saturated rings. The minimum Gasteiger partial charge on any atom is -0.396 e. The van der Waals surface area contributed by atoms with E-state index in [-0.39, 0.29) is 47.8 Å². The molecular formula is C22H24FN3O3. The molecule has 2 aromatic rings. The number of carbonyl (C=O) groups excluding carboxylic acids is 1. The lowest BCUT2D eigenvalue weighted by molar-refractivity contribution is -0.125. The van der Waals surface area contributed by atoms with Crippen LogP contribution in [-0.2, 0) is 11.3 Å². The van der Waals surface area contributed by atoms with Crippen LogP contribution in [0.4, 0.5) is 4.39 Å². The van der Waals surface area contributed by atoms with Gasteiger partial charge in [-0.2, -0.15) is 0 Å². The standard InChI is InChI=1S/C22H24FN3O3/c23-13-4-1-3-12(9-13)15-7-8-18-19-16(10-26(18)22(15)29)17(11-27)20(25-19)21(28)24-14-5-2-6-14/h1,3-4,7-9,14,16-17,19-20,25,27H,2,5-6,10-11H2,(H,24,28)/t16-,17-,19+,20-/m1/s1. The molecule has 3 N–H and O–H groups in total. The van der Waals surface area contributed by atoms with Gasteiger partial charge < -0.3 is 15.0 Å². The van der Waals surface area contributed by atoms with Gasteiger partial charge in [-0.25, -0.2) is 4.39 Å². The van der Waals surface area contributed by atoms with Gasteiger partial charge in [-0.3, -0.25) is 14.9 Å². The molecule has 6 nitrogen and oxygen atoms in total. The van der Waals surface area contributed by atoms with Crippen molar-refractivity contribution in [2.24, 2.45) is 11.8 Å². The van der Waals surface area contributed by atoms with Gasteiger partial charge in [0.25, 0.3) is 5.56 Å². The number of fused-ring (bicyclic) bond motifs is 3. The summed E-state index contributed by atoms with van der Waals surface area (Å²) in [4.78, 5) is 25.8. The third-order valence-electron chi connectivity index (χ3n) is 6.77. The van der Waals surface area contributed by atoms with Crippen molar-refractivity contribution in [3.05, 3.63) is 58.3 Å². The van der Waals surface area contributed by atoms with Crippen LogP contribution in [0.25, 0.3) is 11.1 Å². The van der Waals surface area contributed by atoms with Crippen LogP contribution < -0.4 is 16.2 Å². The second-order valence-corrected chi connectivity index (χ2v) is 8.37. The molecule has 3 heterocycles. The zero-order valence-electron chi connectivity index (χ0n) is 16.0. The Bertz CT molecular complexity index is 1020. The van der Waals surface area contributed by atoms with E-state index in [1.165, 1.54) is 12.1 Å². The Morgan fingerprint density at radius 3 is 2.79 bits per heavy atom. The highest BCUT2D eigenvalue weighted by Gasteiger charge is 2.50. The second kappa shape index (κ2) is 7.07. The predicted molar refractivity (Wildman–Crippen MR) is 106 cm³/mol. The van der Waals surface area contributed by atoms with E-state index in [2.05, 4.69) is 10.6 Å². The molecule has 0 radical (unpaired) electrons. The maximum absolute atomic E-state index is 13.6. The summed E-state index contributed by atoms with van der Waals surface area (Å²) < 4.78 is 15.3. The van der Waals surface area contributed by atoms with Gasteiger partial charge in [-0.15, -0.1) is 0 Å². The molecule has 3 aliphatic rings. The Kier molecular flexibility index (Phi) is 4.52. The zero-order chi connectivity index (χ0) is 20.1. The van der Waals surface area contributed by atoms with Crippen LogP contribution in [0, 0.1) is 17.7 Å². The SMILES string of the molecule is O=C(NC1CCC1)[C@@H]1N[C@@H]2c3ccc(-c4cccc(F)c4)c(=O)n3C[C@@H]2[C@H]1CO. The van der Waals surface area contributed by atoms with Crippen LogP contribution in [0.2, 0.25) is 0 Å². The molecule has 152 valence electrons. The number of hydrogen-bond acceptors (Lipinski definition) is 4. The Morgan fingerprint density at radius 1 is 1.28 bits per heavy atom. The molecule has 0 spiro atoms. The highest BCUT2D eigenvalue weighted by atomic mass is 19.1. The molecule has 0 unspecified atom stereocenters. The van der Waals surface area contributed by atoms with E-state index < -0.39 is 6.04 Å². The summed E-state index contributed by atoms with van der Waals surface area (Å²) in [6.45, 7) is 0.323. The van der Waals surface area contributed by atoms with Gasteiger partial charge in [-0.05, 0) is 49.1 Å². The Balaban J connectivity index is 1.44. The van der Waals surface area contributed by atoms with Gasteiger partial charge in [0.05, 0.1) is 12.1 Å². The topological polar surface area (TPSA) is 83.4 Å². The van der Waals surface area contributed by atoms with E-state index >= 15 is 0 Å². The first-order valence-electron chi connectivity index (χ1n) is 10.2. The number of carbonyl (C=O) groups is 1. The van der Waals surface area contributed by atoms with Crippen molar-refractivity contribution >= 4 is 5.91 Å². The average Bonchev–Trinajstić information content (AvgIpc) is 3.21. The van der Waals surface area contributed by atoms with Gasteiger partial charge >= 0.3 is 0 Å². The highest BCUT2D eigenvalue weighted by Crippen LogP contribution is 2.43. The molecule has 1 aliphatic carbocycles. The Labute approximate surface area is 167 Å².